The van der Waals surface area contributed by atoms with E-state index in [1.807, 2.05) is 50.2 Å². The van der Waals surface area contributed by atoms with Crippen molar-refractivity contribution in [2.24, 2.45) is 0 Å². The van der Waals surface area contributed by atoms with Crippen LogP contribution < -0.4 is 0 Å². The molecule has 5 rings (SSSR count). The van der Waals surface area contributed by atoms with Crippen molar-refractivity contribution in [2.75, 3.05) is 6.61 Å². The second kappa shape index (κ2) is 7.46. The summed E-state index contributed by atoms with van der Waals surface area (Å²) in [5.74, 6) is -1.35. The molecule has 2 aromatic rings. The SMILES string of the molecule is Cc1cc(C)c(C2C(=O)OC3(CCC4(CCCO4)CC3)C2=O)cc1-c1ccc(Cl)cc1. The number of carbonyl (C=O) groups excluding carboxylic acids is 2. The molecule has 162 valence electrons. The lowest BCUT2D eigenvalue weighted by atomic mass is 9.71. The fraction of sp³-hybridized carbons (Fsp3) is 0.462. The van der Waals surface area contributed by atoms with Gasteiger partial charge in [-0.2, -0.15) is 0 Å². The average molecular weight is 439 g/mol. The van der Waals surface area contributed by atoms with Crippen molar-refractivity contribution in [1.82, 2.24) is 0 Å². The van der Waals surface area contributed by atoms with Crippen LogP contribution in [-0.2, 0) is 19.1 Å². The Morgan fingerprint density at radius 2 is 1.65 bits per heavy atom. The zero-order chi connectivity index (χ0) is 21.8. The van der Waals surface area contributed by atoms with Crippen molar-refractivity contribution < 1.29 is 19.1 Å². The topological polar surface area (TPSA) is 52.6 Å². The molecule has 5 heteroatoms. The standard InChI is InChI=1S/C26H27ClO4/c1-16-14-17(2)21(15-20(16)18-4-6-19(27)7-5-18)22-23(28)26(31-24(22)29)11-9-25(10-12-26)8-3-13-30-25/h4-7,14-15,22H,3,8-13H2,1-2H3. The fourth-order valence-electron chi connectivity index (χ4n) is 5.67. The first-order valence-corrected chi connectivity index (χ1v) is 11.5. The van der Waals surface area contributed by atoms with E-state index in [-0.39, 0.29) is 11.4 Å². The molecule has 2 saturated heterocycles. The Morgan fingerprint density at radius 3 is 2.29 bits per heavy atom. The zero-order valence-electron chi connectivity index (χ0n) is 18.0. The van der Waals surface area contributed by atoms with Gasteiger partial charge in [0.05, 0.1) is 5.60 Å². The van der Waals surface area contributed by atoms with Crippen LogP contribution in [0.15, 0.2) is 36.4 Å². The smallest absolute Gasteiger partial charge is 0.322 e. The molecule has 3 aliphatic rings. The van der Waals surface area contributed by atoms with Gasteiger partial charge >= 0.3 is 5.97 Å². The summed E-state index contributed by atoms with van der Waals surface area (Å²) in [6, 6.07) is 11.7. The summed E-state index contributed by atoms with van der Waals surface area (Å²) in [5, 5.41) is 0.673. The molecular weight excluding hydrogens is 412 g/mol. The quantitative estimate of drug-likeness (QED) is 0.446. The first-order chi connectivity index (χ1) is 14.8. The highest BCUT2D eigenvalue weighted by Crippen LogP contribution is 2.50. The summed E-state index contributed by atoms with van der Waals surface area (Å²) < 4.78 is 11.9. The van der Waals surface area contributed by atoms with Gasteiger partial charge in [0.15, 0.2) is 11.4 Å². The third-order valence-corrected chi connectivity index (χ3v) is 7.73. The molecule has 2 heterocycles. The van der Waals surface area contributed by atoms with E-state index in [1.54, 1.807) is 0 Å². The van der Waals surface area contributed by atoms with E-state index in [0.717, 1.165) is 60.1 Å². The third kappa shape index (κ3) is 3.41. The molecule has 1 unspecified atom stereocenters. The Balaban J connectivity index is 1.47. The molecule has 3 fully saturated rings. The van der Waals surface area contributed by atoms with Crippen molar-refractivity contribution in [3.8, 4) is 11.1 Å². The van der Waals surface area contributed by atoms with Crippen molar-refractivity contribution in [3.05, 3.63) is 58.1 Å². The van der Waals surface area contributed by atoms with Crippen LogP contribution >= 0.6 is 11.6 Å². The van der Waals surface area contributed by atoms with Gasteiger partial charge in [-0.15, -0.1) is 0 Å². The molecular formula is C26H27ClO4. The van der Waals surface area contributed by atoms with Gasteiger partial charge in [-0.1, -0.05) is 29.8 Å². The van der Waals surface area contributed by atoms with Gasteiger partial charge in [-0.25, -0.2) is 0 Å². The molecule has 2 aromatic carbocycles. The molecule has 1 saturated carbocycles. The minimum absolute atomic E-state index is 0.0839. The van der Waals surface area contributed by atoms with Gasteiger partial charge in [-0.3, -0.25) is 9.59 Å². The summed E-state index contributed by atoms with van der Waals surface area (Å²) in [4.78, 5) is 26.6. The van der Waals surface area contributed by atoms with E-state index in [0.29, 0.717) is 17.9 Å². The predicted molar refractivity (Wildman–Crippen MR) is 119 cm³/mol. The molecule has 0 N–H and O–H groups in total. The Labute approximate surface area is 187 Å². The van der Waals surface area contributed by atoms with Gasteiger partial charge in [0.1, 0.15) is 5.92 Å². The summed E-state index contributed by atoms with van der Waals surface area (Å²) in [5.41, 5.74) is 3.69. The normalized spacial score (nSPS) is 30.4. The maximum Gasteiger partial charge on any atom is 0.322 e. The van der Waals surface area contributed by atoms with E-state index in [1.165, 1.54) is 0 Å². The van der Waals surface area contributed by atoms with Gasteiger partial charge in [0, 0.05) is 11.6 Å². The predicted octanol–water partition coefficient (Wildman–Crippen LogP) is 5.70. The molecule has 4 nitrogen and oxygen atoms in total. The highest BCUT2D eigenvalue weighted by atomic mass is 35.5. The maximum absolute atomic E-state index is 13.6. The molecule has 2 aliphatic heterocycles. The first-order valence-electron chi connectivity index (χ1n) is 11.1. The van der Waals surface area contributed by atoms with Gasteiger partial charge in [0.2, 0.25) is 0 Å². The lowest BCUT2D eigenvalue weighted by Gasteiger charge is -2.40. The monoisotopic (exact) mass is 438 g/mol. The second-order valence-electron chi connectivity index (χ2n) is 9.38. The van der Waals surface area contributed by atoms with Crippen molar-refractivity contribution in [2.45, 2.75) is 69.5 Å². The van der Waals surface area contributed by atoms with Gasteiger partial charge in [0.25, 0.3) is 0 Å². The van der Waals surface area contributed by atoms with Gasteiger partial charge < -0.3 is 9.47 Å². The highest BCUT2D eigenvalue weighted by molar-refractivity contribution is 6.30. The van der Waals surface area contributed by atoms with Crippen LogP contribution in [0, 0.1) is 13.8 Å². The number of benzene rings is 2. The maximum atomic E-state index is 13.6. The van der Waals surface area contributed by atoms with E-state index in [2.05, 4.69) is 0 Å². The zero-order valence-corrected chi connectivity index (χ0v) is 18.8. The summed E-state index contributed by atoms with van der Waals surface area (Å²) in [6.07, 6.45) is 4.78. The molecule has 2 spiro atoms. The summed E-state index contributed by atoms with van der Waals surface area (Å²) in [6.45, 7) is 4.79. The number of esters is 1. The Hall–Kier alpha value is -2.17. The fourth-order valence-corrected chi connectivity index (χ4v) is 5.79. The van der Waals surface area contributed by atoms with E-state index in [4.69, 9.17) is 21.1 Å². The molecule has 1 atom stereocenters. The first kappa shape index (κ1) is 20.7. The number of ketones is 1. The van der Waals surface area contributed by atoms with Crippen LogP contribution in [0.4, 0.5) is 0 Å². The number of rotatable bonds is 2. The van der Waals surface area contributed by atoms with Gasteiger partial charge in [-0.05, 0) is 98.4 Å². The Kier molecular flexibility index (Phi) is 4.98. The van der Waals surface area contributed by atoms with Crippen LogP contribution in [0.1, 0.15) is 61.1 Å². The molecule has 0 aromatic heterocycles. The Morgan fingerprint density at radius 1 is 0.935 bits per heavy atom. The van der Waals surface area contributed by atoms with Crippen LogP contribution in [0.25, 0.3) is 11.1 Å². The number of ether oxygens (including phenoxy) is 2. The average Bonchev–Trinajstić information content (AvgIpc) is 3.29. The third-order valence-electron chi connectivity index (χ3n) is 7.48. The molecule has 0 amide bonds. The van der Waals surface area contributed by atoms with E-state index >= 15 is 0 Å². The van der Waals surface area contributed by atoms with Crippen LogP contribution in [0.3, 0.4) is 0 Å². The van der Waals surface area contributed by atoms with Crippen molar-refractivity contribution in [1.29, 1.82) is 0 Å². The molecule has 0 radical (unpaired) electrons. The number of Topliss-reactive ketones (excluding diaryl/α,β-unsaturated/α-hetero) is 1. The largest absolute Gasteiger partial charge is 0.450 e. The van der Waals surface area contributed by atoms with Crippen LogP contribution in [-0.4, -0.2) is 29.6 Å². The van der Waals surface area contributed by atoms with E-state index < -0.39 is 17.5 Å². The van der Waals surface area contributed by atoms with E-state index in [9.17, 15) is 9.59 Å². The number of halogens is 1. The second-order valence-corrected chi connectivity index (χ2v) is 9.81. The number of hydrogen-bond donors (Lipinski definition) is 0. The Bertz CT molecular complexity index is 1040. The highest BCUT2D eigenvalue weighted by Gasteiger charge is 2.59. The van der Waals surface area contributed by atoms with Crippen molar-refractivity contribution >= 4 is 23.4 Å². The minimum atomic E-state index is -0.989. The number of hydrogen-bond acceptors (Lipinski definition) is 4. The van der Waals surface area contributed by atoms with Crippen LogP contribution in [0.5, 0.6) is 0 Å². The van der Waals surface area contributed by atoms with Crippen molar-refractivity contribution in [3.63, 3.8) is 0 Å². The number of carbonyl (C=O) groups is 2. The lowest BCUT2D eigenvalue weighted by Crippen LogP contribution is -2.46. The summed E-state index contributed by atoms with van der Waals surface area (Å²) >= 11 is 6.05. The molecule has 0 bridgehead atoms. The molecule has 31 heavy (non-hydrogen) atoms. The number of aryl methyl sites for hydroxylation is 2. The lowest BCUT2D eigenvalue weighted by molar-refractivity contribution is -0.161. The minimum Gasteiger partial charge on any atom is -0.450 e. The summed E-state index contributed by atoms with van der Waals surface area (Å²) in [7, 11) is 0. The molecule has 1 aliphatic carbocycles. The van der Waals surface area contributed by atoms with Crippen LogP contribution in [0.2, 0.25) is 5.02 Å².